The molecule has 2 aromatic heterocycles. The fourth-order valence-corrected chi connectivity index (χ4v) is 4.07. The molecule has 3 heterocycles. The van der Waals surface area contributed by atoms with Gasteiger partial charge in [0.15, 0.2) is 0 Å². The maximum atomic E-state index is 12.9. The van der Waals surface area contributed by atoms with Crippen LogP contribution in [0.1, 0.15) is 53.8 Å². The smallest absolute Gasteiger partial charge is 0.339 e. The summed E-state index contributed by atoms with van der Waals surface area (Å²) >= 11 is 0. The van der Waals surface area contributed by atoms with Crippen LogP contribution in [0, 0.1) is 0 Å². The summed E-state index contributed by atoms with van der Waals surface area (Å²) in [5, 5.41) is 4.51. The lowest BCUT2D eigenvalue weighted by molar-refractivity contribution is 0.0710. The van der Waals surface area contributed by atoms with Gasteiger partial charge in [-0.2, -0.15) is 5.10 Å². The van der Waals surface area contributed by atoms with Crippen molar-refractivity contribution in [2.45, 2.75) is 37.6 Å². The number of nitrogens with zero attached hydrogens (tertiary/aromatic N) is 6. The molecule has 2 aliphatic rings. The Hall–Kier alpha value is -3.03. The minimum Gasteiger partial charge on any atom is -0.339 e. The molecule has 0 bridgehead atoms. The van der Waals surface area contributed by atoms with Crippen molar-refractivity contribution in [3.05, 3.63) is 52.5 Å². The van der Waals surface area contributed by atoms with Gasteiger partial charge in [-0.1, -0.05) is 0 Å². The predicted molar refractivity (Wildman–Crippen MR) is 103 cm³/mol. The van der Waals surface area contributed by atoms with E-state index in [0.717, 1.165) is 42.5 Å². The lowest BCUT2D eigenvalue weighted by Crippen LogP contribution is -2.38. The van der Waals surface area contributed by atoms with Crippen LogP contribution in [-0.4, -0.2) is 48.2 Å². The predicted octanol–water partition coefficient (Wildman–Crippen LogP) is 1.88. The van der Waals surface area contributed by atoms with E-state index in [2.05, 4.69) is 15.1 Å². The highest BCUT2D eigenvalue weighted by molar-refractivity contribution is 5.97. The average molecular weight is 378 g/mol. The molecule has 8 nitrogen and oxygen atoms in total. The van der Waals surface area contributed by atoms with Crippen molar-refractivity contribution in [3.63, 3.8) is 0 Å². The standard InChI is InChI=1S/C20H22N6O2/c1-24-20(28)26(15-3-4-15)18(23-24)13-6-10-25(11-7-13)19(27)14-2-5-16-17(12-14)22-9-8-21-16/h2,5,8-9,12-13,15H,3-4,6-7,10-11H2,1H3. The van der Waals surface area contributed by atoms with E-state index in [0.29, 0.717) is 24.7 Å². The van der Waals surface area contributed by atoms with Gasteiger partial charge in [-0.15, -0.1) is 0 Å². The molecular weight excluding hydrogens is 356 g/mol. The molecule has 1 aliphatic heterocycles. The Bertz CT molecular complexity index is 1110. The van der Waals surface area contributed by atoms with Gasteiger partial charge in [0.2, 0.25) is 0 Å². The Kier molecular flexibility index (Phi) is 3.99. The quantitative estimate of drug-likeness (QED) is 0.695. The number of aryl methyl sites for hydroxylation is 1. The summed E-state index contributed by atoms with van der Waals surface area (Å²) in [7, 11) is 1.71. The molecule has 1 saturated heterocycles. The number of likely N-dealkylation sites (tertiary alicyclic amines) is 1. The van der Waals surface area contributed by atoms with E-state index in [-0.39, 0.29) is 17.5 Å². The number of hydrogen-bond acceptors (Lipinski definition) is 5. The monoisotopic (exact) mass is 378 g/mol. The lowest BCUT2D eigenvalue weighted by Gasteiger charge is -2.31. The number of carbonyl (C=O) groups excluding carboxylic acids is 1. The fourth-order valence-electron chi connectivity index (χ4n) is 4.07. The van der Waals surface area contributed by atoms with Crippen molar-refractivity contribution in [3.8, 4) is 0 Å². The van der Waals surface area contributed by atoms with Gasteiger partial charge >= 0.3 is 5.69 Å². The maximum Gasteiger partial charge on any atom is 0.345 e. The Balaban J connectivity index is 1.32. The van der Waals surface area contributed by atoms with Crippen molar-refractivity contribution in [1.29, 1.82) is 0 Å². The third-order valence-corrected chi connectivity index (χ3v) is 5.76. The van der Waals surface area contributed by atoms with Crippen molar-refractivity contribution >= 4 is 16.9 Å². The van der Waals surface area contributed by atoms with E-state index >= 15 is 0 Å². The minimum atomic E-state index is -0.0201. The van der Waals surface area contributed by atoms with Crippen molar-refractivity contribution in [1.82, 2.24) is 29.2 Å². The molecular formula is C20H22N6O2. The topological polar surface area (TPSA) is 85.9 Å². The van der Waals surface area contributed by atoms with Crippen molar-refractivity contribution in [2.75, 3.05) is 13.1 Å². The fraction of sp³-hybridized carbons (Fsp3) is 0.450. The van der Waals surface area contributed by atoms with Gasteiger partial charge in [0.05, 0.1) is 11.0 Å². The number of piperidine rings is 1. The zero-order chi connectivity index (χ0) is 19.3. The van der Waals surface area contributed by atoms with Gasteiger partial charge in [0, 0.05) is 50.1 Å². The average Bonchev–Trinajstić information content (AvgIpc) is 3.53. The first-order chi connectivity index (χ1) is 13.6. The van der Waals surface area contributed by atoms with E-state index < -0.39 is 0 Å². The molecule has 0 spiro atoms. The molecule has 8 heteroatoms. The molecule has 1 aromatic carbocycles. The van der Waals surface area contributed by atoms with E-state index in [9.17, 15) is 9.59 Å². The molecule has 144 valence electrons. The number of carbonyl (C=O) groups is 1. The van der Waals surface area contributed by atoms with E-state index in [4.69, 9.17) is 0 Å². The number of fused-ring (bicyclic) bond motifs is 1. The molecule has 1 saturated carbocycles. The van der Waals surface area contributed by atoms with Crippen molar-refractivity contribution < 1.29 is 4.79 Å². The first-order valence-corrected chi connectivity index (χ1v) is 9.77. The zero-order valence-corrected chi connectivity index (χ0v) is 15.8. The first-order valence-electron chi connectivity index (χ1n) is 9.77. The van der Waals surface area contributed by atoms with Crippen LogP contribution in [0.2, 0.25) is 0 Å². The van der Waals surface area contributed by atoms with Crippen LogP contribution < -0.4 is 5.69 Å². The second-order valence-electron chi connectivity index (χ2n) is 7.69. The van der Waals surface area contributed by atoms with E-state index in [1.807, 2.05) is 21.6 Å². The third-order valence-electron chi connectivity index (χ3n) is 5.76. The Morgan fingerprint density at radius 2 is 1.75 bits per heavy atom. The van der Waals surface area contributed by atoms with E-state index in [1.165, 1.54) is 4.68 Å². The molecule has 0 unspecified atom stereocenters. The second-order valence-corrected chi connectivity index (χ2v) is 7.69. The van der Waals surface area contributed by atoms with Crippen LogP contribution in [-0.2, 0) is 7.05 Å². The van der Waals surface area contributed by atoms with Crippen molar-refractivity contribution in [2.24, 2.45) is 7.05 Å². The van der Waals surface area contributed by atoms with Crippen LogP contribution in [0.5, 0.6) is 0 Å². The SMILES string of the molecule is Cn1nc(C2CCN(C(=O)c3ccc4nccnc4c3)CC2)n(C2CC2)c1=O. The van der Waals surface area contributed by atoms with Gasteiger partial charge in [-0.05, 0) is 43.9 Å². The molecule has 0 N–H and O–H groups in total. The molecule has 1 aliphatic carbocycles. The summed E-state index contributed by atoms with van der Waals surface area (Å²) in [6.45, 7) is 1.33. The van der Waals surface area contributed by atoms with Gasteiger partial charge in [0.1, 0.15) is 5.82 Å². The summed E-state index contributed by atoms with van der Waals surface area (Å²) in [4.78, 5) is 35.7. The van der Waals surface area contributed by atoms with Gasteiger partial charge in [-0.25, -0.2) is 9.48 Å². The van der Waals surface area contributed by atoms with E-state index in [1.54, 1.807) is 25.5 Å². The number of benzene rings is 1. The second kappa shape index (κ2) is 6.54. The van der Waals surface area contributed by atoms with Crippen LogP contribution in [0.4, 0.5) is 0 Å². The summed E-state index contributed by atoms with van der Waals surface area (Å²) in [6.07, 6.45) is 7.04. The normalized spacial score (nSPS) is 18.0. The number of rotatable bonds is 3. The highest BCUT2D eigenvalue weighted by Gasteiger charge is 2.34. The van der Waals surface area contributed by atoms with Gasteiger partial charge < -0.3 is 4.90 Å². The van der Waals surface area contributed by atoms with Crippen LogP contribution in [0.25, 0.3) is 11.0 Å². The summed E-state index contributed by atoms with van der Waals surface area (Å²) in [5.41, 5.74) is 2.13. The third kappa shape index (κ3) is 2.89. The maximum absolute atomic E-state index is 12.9. The number of hydrogen-bond donors (Lipinski definition) is 0. The summed E-state index contributed by atoms with van der Waals surface area (Å²) < 4.78 is 3.32. The molecule has 0 atom stereocenters. The highest BCUT2D eigenvalue weighted by Crippen LogP contribution is 2.37. The first kappa shape index (κ1) is 17.1. The number of aromatic nitrogens is 5. The Morgan fingerprint density at radius 1 is 1.04 bits per heavy atom. The minimum absolute atomic E-state index is 0.0200. The lowest BCUT2D eigenvalue weighted by atomic mass is 9.95. The summed E-state index contributed by atoms with van der Waals surface area (Å²) in [5.74, 6) is 1.13. The number of amides is 1. The molecule has 1 amide bonds. The van der Waals surface area contributed by atoms with Gasteiger partial charge in [-0.3, -0.25) is 19.3 Å². The van der Waals surface area contributed by atoms with Gasteiger partial charge in [0.25, 0.3) is 5.91 Å². The molecule has 5 rings (SSSR count). The highest BCUT2D eigenvalue weighted by atomic mass is 16.2. The Labute approximate surface area is 161 Å². The molecule has 2 fully saturated rings. The van der Waals surface area contributed by atoms with Crippen LogP contribution >= 0.6 is 0 Å². The molecule has 3 aromatic rings. The zero-order valence-electron chi connectivity index (χ0n) is 15.8. The van der Waals surface area contributed by atoms with Crippen LogP contribution in [0.15, 0.2) is 35.4 Å². The Morgan fingerprint density at radius 3 is 2.46 bits per heavy atom. The largest absolute Gasteiger partial charge is 0.345 e. The van der Waals surface area contributed by atoms with Crippen LogP contribution in [0.3, 0.4) is 0 Å². The summed E-state index contributed by atoms with van der Waals surface area (Å²) in [6, 6.07) is 5.77. The molecule has 0 radical (unpaired) electrons. The molecule has 28 heavy (non-hydrogen) atoms.